The first-order chi connectivity index (χ1) is 13.6. The van der Waals surface area contributed by atoms with Crippen molar-refractivity contribution in [3.63, 3.8) is 0 Å². The largest absolute Gasteiger partial charge is 0.497 e. The number of rotatable bonds is 6. The minimum atomic E-state index is 0.0855. The number of carbonyl (C=O) groups excluding carboxylic acids is 2. The number of ether oxygens (including phenoxy) is 1. The Hall–Kier alpha value is -2.08. The van der Waals surface area contributed by atoms with Crippen LogP contribution in [0.5, 0.6) is 5.75 Å². The zero-order valence-corrected chi connectivity index (χ0v) is 16.9. The van der Waals surface area contributed by atoms with Crippen LogP contribution in [0.15, 0.2) is 24.3 Å². The summed E-state index contributed by atoms with van der Waals surface area (Å²) in [6.45, 7) is 3.35. The summed E-state index contributed by atoms with van der Waals surface area (Å²) in [5.41, 5.74) is 6.99. The highest BCUT2D eigenvalue weighted by Crippen LogP contribution is 2.32. The van der Waals surface area contributed by atoms with Crippen molar-refractivity contribution in [2.45, 2.75) is 38.5 Å². The smallest absolute Gasteiger partial charge is 0.226 e. The first-order valence-electron chi connectivity index (χ1n) is 10.5. The molecule has 2 amide bonds. The number of nitrogens with two attached hydrogens (primary N) is 1. The van der Waals surface area contributed by atoms with Gasteiger partial charge in [0.25, 0.3) is 0 Å². The highest BCUT2D eigenvalue weighted by molar-refractivity contribution is 5.80. The van der Waals surface area contributed by atoms with Crippen LogP contribution in [0.1, 0.15) is 37.7 Å². The Kier molecular flexibility index (Phi) is 7.31. The zero-order valence-electron chi connectivity index (χ0n) is 16.9. The van der Waals surface area contributed by atoms with Gasteiger partial charge in [0, 0.05) is 38.5 Å². The second kappa shape index (κ2) is 9.92. The van der Waals surface area contributed by atoms with E-state index in [9.17, 15) is 9.59 Å². The van der Waals surface area contributed by atoms with Crippen LogP contribution >= 0.6 is 0 Å². The van der Waals surface area contributed by atoms with Crippen molar-refractivity contribution in [3.05, 3.63) is 29.8 Å². The molecule has 2 atom stereocenters. The molecule has 6 nitrogen and oxygen atoms in total. The monoisotopic (exact) mass is 387 g/mol. The van der Waals surface area contributed by atoms with Crippen molar-refractivity contribution in [2.24, 2.45) is 17.6 Å². The van der Waals surface area contributed by atoms with E-state index in [4.69, 9.17) is 10.5 Å². The minimum absolute atomic E-state index is 0.0855. The van der Waals surface area contributed by atoms with Crippen LogP contribution in [0.4, 0.5) is 0 Å². The average molecular weight is 388 g/mol. The molecule has 2 N–H and O–H groups in total. The highest BCUT2D eigenvalue weighted by Gasteiger charge is 2.35. The van der Waals surface area contributed by atoms with E-state index in [1.165, 1.54) is 0 Å². The van der Waals surface area contributed by atoms with Gasteiger partial charge in [-0.15, -0.1) is 0 Å². The van der Waals surface area contributed by atoms with E-state index in [1.54, 1.807) is 7.11 Å². The van der Waals surface area contributed by atoms with Gasteiger partial charge in [-0.3, -0.25) is 9.59 Å². The molecule has 3 rings (SSSR count). The fourth-order valence-electron chi connectivity index (χ4n) is 4.47. The molecule has 1 saturated carbocycles. The second-order valence-electron chi connectivity index (χ2n) is 7.94. The maximum atomic E-state index is 12.9. The predicted octanol–water partition coefficient (Wildman–Crippen LogP) is 2.06. The van der Waals surface area contributed by atoms with Crippen molar-refractivity contribution in [1.29, 1.82) is 0 Å². The standard InChI is InChI=1S/C22H33N3O3/c1-28-19-9-6-17(7-10-19)8-11-21(26)24-12-3-13-25(15-14-24)22(27)20-5-2-4-18(20)16-23/h6-7,9-10,18,20H,2-5,8,11-16,23H2,1H3/t18-,20-/m1/s1. The number of methoxy groups -OCH3 is 1. The fraction of sp³-hybridized carbons (Fsp3) is 0.636. The van der Waals surface area contributed by atoms with E-state index in [1.807, 2.05) is 34.1 Å². The summed E-state index contributed by atoms with van der Waals surface area (Å²) in [7, 11) is 1.65. The number of hydrogen-bond donors (Lipinski definition) is 1. The zero-order chi connectivity index (χ0) is 19.9. The van der Waals surface area contributed by atoms with Gasteiger partial charge in [0.05, 0.1) is 7.11 Å². The third kappa shape index (κ3) is 5.04. The summed E-state index contributed by atoms with van der Waals surface area (Å²) in [4.78, 5) is 29.5. The number of benzene rings is 1. The lowest BCUT2D eigenvalue weighted by Gasteiger charge is -2.27. The number of carbonyl (C=O) groups is 2. The third-order valence-corrected chi connectivity index (χ3v) is 6.23. The Labute approximate surface area is 168 Å². The molecule has 28 heavy (non-hydrogen) atoms. The number of hydrogen-bond acceptors (Lipinski definition) is 4. The Morgan fingerprint density at radius 3 is 2.46 bits per heavy atom. The average Bonchev–Trinajstić information content (AvgIpc) is 3.07. The molecule has 6 heteroatoms. The molecule has 1 aromatic carbocycles. The van der Waals surface area contributed by atoms with Gasteiger partial charge in [0.1, 0.15) is 5.75 Å². The van der Waals surface area contributed by atoms with Crippen molar-refractivity contribution in [2.75, 3.05) is 39.8 Å². The van der Waals surface area contributed by atoms with Crippen LogP contribution in [-0.4, -0.2) is 61.4 Å². The topological polar surface area (TPSA) is 75.9 Å². The third-order valence-electron chi connectivity index (χ3n) is 6.23. The van der Waals surface area contributed by atoms with Crippen LogP contribution in [-0.2, 0) is 16.0 Å². The first-order valence-corrected chi connectivity index (χ1v) is 10.5. The summed E-state index contributed by atoms with van der Waals surface area (Å²) in [5.74, 6) is 1.66. The van der Waals surface area contributed by atoms with Gasteiger partial charge < -0.3 is 20.3 Å². The number of amides is 2. The van der Waals surface area contributed by atoms with E-state index in [2.05, 4.69) is 0 Å². The van der Waals surface area contributed by atoms with Crippen LogP contribution in [0.3, 0.4) is 0 Å². The molecular weight excluding hydrogens is 354 g/mol. The maximum absolute atomic E-state index is 12.9. The molecule has 0 unspecified atom stereocenters. The van der Waals surface area contributed by atoms with E-state index in [0.717, 1.165) is 56.5 Å². The SMILES string of the molecule is COc1ccc(CCC(=O)N2CCCN(C(=O)[C@@H]3CCC[C@@H]3CN)CC2)cc1. The van der Waals surface area contributed by atoms with E-state index in [0.29, 0.717) is 32.0 Å². The van der Waals surface area contributed by atoms with Crippen molar-refractivity contribution in [1.82, 2.24) is 9.80 Å². The molecule has 2 aliphatic rings. The summed E-state index contributed by atoms with van der Waals surface area (Å²) in [6.07, 6.45) is 5.20. The van der Waals surface area contributed by atoms with Gasteiger partial charge in [-0.2, -0.15) is 0 Å². The van der Waals surface area contributed by atoms with Crippen LogP contribution in [0, 0.1) is 11.8 Å². The van der Waals surface area contributed by atoms with Gasteiger partial charge in [-0.05, 0) is 55.8 Å². The van der Waals surface area contributed by atoms with E-state index in [-0.39, 0.29) is 17.7 Å². The van der Waals surface area contributed by atoms with Crippen molar-refractivity contribution >= 4 is 11.8 Å². The Bertz CT molecular complexity index is 661. The van der Waals surface area contributed by atoms with Gasteiger partial charge in [-0.25, -0.2) is 0 Å². The highest BCUT2D eigenvalue weighted by atomic mass is 16.5. The molecule has 0 bridgehead atoms. The fourth-order valence-corrected chi connectivity index (χ4v) is 4.47. The van der Waals surface area contributed by atoms with Gasteiger partial charge >= 0.3 is 0 Å². The van der Waals surface area contributed by atoms with Crippen LogP contribution in [0.2, 0.25) is 0 Å². The van der Waals surface area contributed by atoms with Crippen LogP contribution in [0.25, 0.3) is 0 Å². The van der Waals surface area contributed by atoms with Gasteiger partial charge in [0.2, 0.25) is 11.8 Å². The van der Waals surface area contributed by atoms with Crippen molar-refractivity contribution < 1.29 is 14.3 Å². The lowest BCUT2D eigenvalue weighted by molar-refractivity contribution is -0.137. The molecular formula is C22H33N3O3. The van der Waals surface area contributed by atoms with E-state index < -0.39 is 0 Å². The van der Waals surface area contributed by atoms with E-state index >= 15 is 0 Å². The maximum Gasteiger partial charge on any atom is 0.226 e. The summed E-state index contributed by atoms with van der Waals surface area (Å²) in [5, 5.41) is 0. The molecule has 1 aliphatic carbocycles. The Morgan fingerprint density at radius 2 is 1.75 bits per heavy atom. The Morgan fingerprint density at radius 1 is 1.04 bits per heavy atom. The van der Waals surface area contributed by atoms with Crippen LogP contribution < -0.4 is 10.5 Å². The summed E-state index contributed by atoms with van der Waals surface area (Å²) >= 11 is 0. The number of nitrogens with zero attached hydrogens (tertiary/aromatic N) is 2. The molecule has 0 aromatic heterocycles. The lowest BCUT2D eigenvalue weighted by Crippen LogP contribution is -2.41. The summed E-state index contributed by atoms with van der Waals surface area (Å²) in [6, 6.07) is 7.86. The molecule has 1 aliphatic heterocycles. The lowest BCUT2D eigenvalue weighted by atomic mass is 9.94. The van der Waals surface area contributed by atoms with Gasteiger partial charge in [-0.1, -0.05) is 18.6 Å². The molecule has 1 aromatic rings. The second-order valence-corrected chi connectivity index (χ2v) is 7.94. The molecule has 0 radical (unpaired) electrons. The predicted molar refractivity (Wildman–Crippen MR) is 109 cm³/mol. The number of aryl methyl sites for hydroxylation is 1. The Balaban J connectivity index is 1.48. The molecule has 1 saturated heterocycles. The molecule has 1 heterocycles. The summed E-state index contributed by atoms with van der Waals surface area (Å²) < 4.78 is 5.17. The quantitative estimate of drug-likeness (QED) is 0.811. The van der Waals surface area contributed by atoms with Crippen molar-refractivity contribution in [3.8, 4) is 5.75 Å². The molecule has 2 fully saturated rings. The molecule has 154 valence electrons. The first kappa shape index (κ1) is 20.6. The normalized spacial score (nSPS) is 22.8. The van der Waals surface area contributed by atoms with Gasteiger partial charge in [0.15, 0.2) is 0 Å². The molecule has 0 spiro atoms. The minimum Gasteiger partial charge on any atom is -0.497 e.